The van der Waals surface area contributed by atoms with Gasteiger partial charge in [0.15, 0.2) is 6.10 Å². The molecule has 0 aliphatic heterocycles. The largest absolute Gasteiger partial charge is 0.449 e. The molecule has 0 spiro atoms. The number of rotatable bonds is 6. The van der Waals surface area contributed by atoms with Gasteiger partial charge < -0.3 is 15.0 Å². The monoisotopic (exact) mass is 382 g/mol. The molecule has 3 rings (SSSR count). The van der Waals surface area contributed by atoms with Crippen LogP contribution in [0.1, 0.15) is 29.3 Å². The average Bonchev–Trinajstić information content (AvgIpc) is 3.15. The van der Waals surface area contributed by atoms with Gasteiger partial charge in [-0.25, -0.2) is 9.78 Å². The number of H-pyrrole nitrogens is 1. The molecule has 9 heteroatoms. The zero-order valence-corrected chi connectivity index (χ0v) is 15.3. The summed E-state index contributed by atoms with van der Waals surface area (Å²) in [6.45, 7) is 3.42. The minimum absolute atomic E-state index is 0.140. The Morgan fingerprint density at radius 2 is 2.07 bits per heavy atom. The van der Waals surface area contributed by atoms with Crippen molar-refractivity contribution in [2.45, 2.75) is 26.4 Å². The molecule has 3 aromatic rings. The molecule has 0 radical (unpaired) electrons. The number of benzene rings is 2. The molecule has 2 aromatic carbocycles. The summed E-state index contributed by atoms with van der Waals surface area (Å²) < 4.78 is 5.34. The van der Waals surface area contributed by atoms with Crippen LogP contribution in [0.3, 0.4) is 0 Å². The Balaban J connectivity index is 1.73. The first kappa shape index (κ1) is 19.0. The van der Waals surface area contributed by atoms with Crippen molar-refractivity contribution in [2.24, 2.45) is 0 Å². The molecule has 0 fully saturated rings. The summed E-state index contributed by atoms with van der Waals surface area (Å²) in [4.78, 5) is 42.3. The molecule has 0 aliphatic carbocycles. The van der Waals surface area contributed by atoms with Gasteiger partial charge in [0.1, 0.15) is 0 Å². The number of hydrogen-bond donors (Lipinski definition) is 2. The number of nitro benzene ring substituents is 1. The maximum atomic E-state index is 12.5. The number of amides is 1. The van der Waals surface area contributed by atoms with Crippen molar-refractivity contribution in [3.8, 4) is 0 Å². The fourth-order valence-electron chi connectivity index (χ4n) is 2.65. The van der Waals surface area contributed by atoms with E-state index in [1.807, 2.05) is 0 Å². The summed E-state index contributed by atoms with van der Waals surface area (Å²) in [5.41, 5.74) is 2.49. The fourth-order valence-corrected chi connectivity index (χ4v) is 2.65. The Hall–Kier alpha value is -3.75. The van der Waals surface area contributed by atoms with Crippen molar-refractivity contribution in [2.75, 3.05) is 5.32 Å². The first-order valence-corrected chi connectivity index (χ1v) is 8.59. The summed E-state index contributed by atoms with van der Waals surface area (Å²) in [7, 11) is 0. The van der Waals surface area contributed by atoms with E-state index in [0.29, 0.717) is 22.3 Å². The third-order valence-electron chi connectivity index (χ3n) is 4.26. The molecule has 144 valence electrons. The van der Waals surface area contributed by atoms with E-state index in [1.165, 1.54) is 18.5 Å². The number of aromatic nitrogens is 2. The molecule has 0 saturated heterocycles. The molecule has 2 N–H and O–H groups in total. The molecule has 0 saturated carbocycles. The van der Waals surface area contributed by atoms with Gasteiger partial charge in [-0.3, -0.25) is 14.9 Å². The summed E-state index contributed by atoms with van der Waals surface area (Å²) >= 11 is 0. The molecular formula is C19H18N4O5. The lowest BCUT2D eigenvalue weighted by molar-refractivity contribution is -0.384. The van der Waals surface area contributed by atoms with E-state index in [1.54, 1.807) is 38.1 Å². The Kier molecular flexibility index (Phi) is 5.35. The number of hydrogen-bond acceptors (Lipinski definition) is 6. The van der Waals surface area contributed by atoms with Crippen LogP contribution in [0.5, 0.6) is 0 Å². The highest BCUT2D eigenvalue weighted by Gasteiger charge is 2.23. The number of ether oxygens (including phenoxy) is 1. The van der Waals surface area contributed by atoms with Crippen LogP contribution in [-0.4, -0.2) is 32.9 Å². The second-order valence-corrected chi connectivity index (χ2v) is 6.18. The van der Waals surface area contributed by atoms with Gasteiger partial charge in [-0.2, -0.15) is 0 Å². The van der Waals surface area contributed by atoms with Gasteiger partial charge in [-0.1, -0.05) is 13.0 Å². The maximum Gasteiger partial charge on any atom is 0.338 e. The van der Waals surface area contributed by atoms with E-state index in [4.69, 9.17) is 4.74 Å². The third kappa shape index (κ3) is 3.98. The zero-order chi connectivity index (χ0) is 20.3. The second kappa shape index (κ2) is 7.87. The maximum absolute atomic E-state index is 12.5. The molecule has 1 atom stereocenters. The van der Waals surface area contributed by atoms with Crippen LogP contribution in [0.4, 0.5) is 11.4 Å². The Labute approximate surface area is 159 Å². The number of nitro groups is 1. The van der Waals surface area contributed by atoms with Crippen LogP contribution in [0.15, 0.2) is 42.7 Å². The van der Waals surface area contributed by atoms with Crippen molar-refractivity contribution in [1.29, 1.82) is 0 Å². The zero-order valence-electron chi connectivity index (χ0n) is 15.3. The SMILES string of the molecule is CCC(OC(=O)c1ccc2nc[nH]c2c1)C(=O)Nc1cc([N+](=O)[O-])ccc1C. The minimum Gasteiger partial charge on any atom is -0.449 e. The van der Waals surface area contributed by atoms with E-state index in [-0.39, 0.29) is 17.7 Å². The number of non-ortho nitro benzene ring substituents is 1. The third-order valence-corrected chi connectivity index (χ3v) is 4.26. The number of carbonyl (C=O) groups is 2. The number of nitrogens with one attached hydrogen (secondary N) is 2. The highest BCUT2D eigenvalue weighted by Crippen LogP contribution is 2.22. The predicted octanol–water partition coefficient (Wildman–Crippen LogP) is 3.35. The summed E-state index contributed by atoms with van der Waals surface area (Å²) in [5, 5.41) is 13.5. The lowest BCUT2D eigenvalue weighted by atomic mass is 10.1. The second-order valence-electron chi connectivity index (χ2n) is 6.18. The molecule has 0 aliphatic rings. The van der Waals surface area contributed by atoms with Crippen molar-refractivity contribution in [3.63, 3.8) is 0 Å². The molecule has 1 heterocycles. The normalized spacial score (nSPS) is 11.8. The van der Waals surface area contributed by atoms with Crippen molar-refractivity contribution in [1.82, 2.24) is 9.97 Å². The van der Waals surface area contributed by atoms with Gasteiger partial charge in [0, 0.05) is 12.1 Å². The van der Waals surface area contributed by atoms with Crippen LogP contribution in [-0.2, 0) is 9.53 Å². The van der Waals surface area contributed by atoms with E-state index in [9.17, 15) is 19.7 Å². The number of carbonyl (C=O) groups excluding carboxylic acids is 2. The Bertz CT molecular complexity index is 1060. The Morgan fingerprint density at radius 1 is 1.29 bits per heavy atom. The molecule has 0 bridgehead atoms. The van der Waals surface area contributed by atoms with Gasteiger partial charge >= 0.3 is 5.97 Å². The highest BCUT2D eigenvalue weighted by molar-refractivity contribution is 5.99. The number of anilines is 1. The van der Waals surface area contributed by atoms with E-state index in [0.717, 1.165) is 0 Å². The van der Waals surface area contributed by atoms with E-state index < -0.39 is 22.9 Å². The van der Waals surface area contributed by atoms with Crippen LogP contribution >= 0.6 is 0 Å². The lowest BCUT2D eigenvalue weighted by Gasteiger charge is -2.17. The highest BCUT2D eigenvalue weighted by atomic mass is 16.6. The first-order valence-electron chi connectivity index (χ1n) is 8.59. The minimum atomic E-state index is -1.04. The molecule has 28 heavy (non-hydrogen) atoms. The van der Waals surface area contributed by atoms with Crippen molar-refractivity contribution >= 4 is 34.3 Å². The van der Waals surface area contributed by atoms with Gasteiger partial charge in [0.25, 0.3) is 11.6 Å². The van der Waals surface area contributed by atoms with Gasteiger partial charge in [0.05, 0.1) is 33.5 Å². The van der Waals surface area contributed by atoms with Crippen LogP contribution in [0.2, 0.25) is 0 Å². The molecule has 1 aromatic heterocycles. The standard InChI is InChI=1S/C19H18N4O5/c1-3-17(18(24)22-15-9-13(23(26)27)6-4-11(15)2)28-19(25)12-5-7-14-16(8-12)21-10-20-14/h4-10,17H,3H2,1-2H3,(H,20,21)(H,22,24). The topological polar surface area (TPSA) is 127 Å². The Morgan fingerprint density at radius 3 is 2.79 bits per heavy atom. The number of esters is 1. The molecule has 1 amide bonds. The quantitative estimate of drug-likeness (QED) is 0.382. The van der Waals surface area contributed by atoms with Gasteiger partial charge in [-0.15, -0.1) is 0 Å². The number of nitrogens with zero attached hydrogens (tertiary/aromatic N) is 2. The van der Waals surface area contributed by atoms with Crippen LogP contribution in [0, 0.1) is 17.0 Å². The summed E-state index contributed by atoms with van der Waals surface area (Å²) in [6.07, 6.45) is 0.727. The van der Waals surface area contributed by atoms with Gasteiger partial charge in [0.2, 0.25) is 0 Å². The van der Waals surface area contributed by atoms with Crippen molar-refractivity contribution in [3.05, 3.63) is 64.0 Å². The molecule has 1 unspecified atom stereocenters. The average molecular weight is 382 g/mol. The van der Waals surface area contributed by atoms with E-state index in [2.05, 4.69) is 15.3 Å². The molecule has 9 nitrogen and oxygen atoms in total. The van der Waals surface area contributed by atoms with Gasteiger partial charge in [-0.05, 0) is 37.1 Å². The van der Waals surface area contributed by atoms with Crippen molar-refractivity contribution < 1.29 is 19.2 Å². The van der Waals surface area contributed by atoms with Crippen LogP contribution in [0.25, 0.3) is 11.0 Å². The number of aryl methyl sites for hydroxylation is 1. The number of fused-ring (bicyclic) bond motifs is 1. The first-order chi connectivity index (χ1) is 13.4. The summed E-state index contributed by atoms with van der Waals surface area (Å²) in [5.74, 6) is -1.20. The molecular weight excluding hydrogens is 364 g/mol. The van der Waals surface area contributed by atoms with E-state index >= 15 is 0 Å². The summed E-state index contributed by atoms with van der Waals surface area (Å²) in [6, 6.07) is 9.01. The number of imidazole rings is 1. The predicted molar refractivity (Wildman–Crippen MR) is 102 cm³/mol. The smallest absolute Gasteiger partial charge is 0.338 e. The number of aromatic amines is 1. The van der Waals surface area contributed by atoms with Crippen LogP contribution < -0.4 is 5.32 Å². The lowest BCUT2D eigenvalue weighted by Crippen LogP contribution is -2.32. The fraction of sp³-hybridized carbons (Fsp3) is 0.211.